The Kier molecular flexibility index (Phi) is 7.04. The number of hydrogen-bond donors (Lipinski definition) is 0. The van der Waals surface area contributed by atoms with Gasteiger partial charge in [-0.2, -0.15) is 0 Å². The molecule has 0 atom stereocenters. The fourth-order valence-corrected chi connectivity index (χ4v) is 5.68. The molecule has 0 radical (unpaired) electrons. The third-order valence-electron chi connectivity index (χ3n) is 7.64. The van der Waals surface area contributed by atoms with Crippen LogP contribution in [0.4, 0.5) is 0 Å². The summed E-state index contributed by atoms with van der Waals surface area (Å²) < 4.78 is 2.28. The van der Waals surface area contributed by atoms with Gasteiger partial charge in [0.05, 0.1) is 11.4 Å². The first-order valence-electron chi connectivity index (χ1n) is 14.2. The molecule has 0 aliphatic carbocycles. The van der Waals surface area contributed by atoms with Gasteiger partial charge in [-0.05, 0) is 46.0 Å². The molecule has 0 bridgehead atoms. The number of nitrogens with zero attached hydrogens (tertiary/aromatic N) is 3. The minimum absolute atomic E-state index is 0.410. The Morgan fingerprint density at radius 2 is 1.35 bits per heavy atom. The van der Waals surface area contributed by atoms with Crippen molar-refractivity contribution in [1.82, 2.24) is 14.5 Å². The van der Waals surface area contributed by atoms with Gasteiger partial charge < -0.3 is 0 Å². The maximum Gasteiger partial charge on any atom is 0.144 e. The second-order valence-corrected chi connectivity index (χ2v) is 11.1. The van der Waals surface area contributed by atoms with E-state index >= 15 is 0 Å². The van der Waals surface area contributed by atoms with Crippen molar-refractivity contribution in [1.29, 1.82) is 0 Å². The Labute approximate surface area is 237 Å². The summed E-state index contributed by atoms with van der Waals surface area (Å²) in [4.78, 5) is 10.0. The van der Waals surface area contributed by atoms with Gasteiger partial charge in [-0.1, -0.05) is 119 Å². The van der Waals surface area contributed by atoms with Crippen LogP contribution in [-0.2, 0) is 6.42 Å². The molecule has 4 aromatic carbocycles. The van der Waals surface area contributed by atoms with Gasteiger partial charge in [0.2, 0.25) is 0 Å². The number of para-hydroxylation sites is 1. The highest BCUT2D eigenvalue weighted by Crippen LogP contribution is 2.34. The molecule has 2 aromatic heterocycles. The number of benzene rings is 4. The first-order valence-corrected chi connectivity index (χ1v) is 14.2. The van der Waals surface area contributed by atoms with Crippen molar-refractivity contribution in [3.63, 3.8) is 0 Å². The number of pyridine rings is 1. The van der Waals surface area contributed by atoms with Gasteiger partial charge in [0, 0.05) is 41.0 Å². The second-order valence-electron chi connectivity index (χ2n) is 11.1. The SMILES string of the molecule is CC(C)c1cccc(C(C)C)c1-n1ccnc1-c1cccc(Cc2cc3ccccc3c(-c3ccccc3)n2)c1. The molecule has 0 N–H and O–H groups in total. The van der Waals surface area contributed by atoms with Crippen molar-refractivity contribution in [2.45, 2.75) is 46.0 Å². The third-order valence-corrected chi connectivity index (χ3v) is 7.64. The Morgan fingerprint density at radius 3 is 2.10 bits per heavy atom. The molecule has 0 fully saturated rings. The quantitative estimate of drug-likeness (QED) is 0.209. The molecular formula is C37H35N3. The highest BCUT2D eigenvalue weighted by molar-refractivity contribution is 5.94. The smallest absolute Gasteiger partial charge is 0.144 e. The number of hydrogen-bond acceptors (Lipinski definition) is 2. The van der Waals surface area contributed by atoms with Crippen molar-refractivity contribution in [3.05, 3.63) is 138 Å². The van der Waals surface area contributed by atoms with Gasteiger partial charge in [0.1, 0.15) is 5.82 Å². The zero-order valence-corrected chi connectivity index (χ0v) is 23.7. The largest absolute Gasteiger partial charge is 0.299 e. The average molecular weight is 522 g/mol. The standard InChI is InChI=1S/C37H35N3/c1-25(2)32-18-11-19-33(26(3)4)36(32)40-21-20-38-37(40)30-16-10-12-27(22-30)23-31-24-29-15-8-9-17-34(29)35(39-31)28-13-6-5-7-14-28/h5-22,24-26H,23H2,1-4H3. The summed E-state index contributed by atoms with van der Waals surface area (Å²) in [5.41, 5.74) is 9.51. The summed E-state index contributed by atoms with van der Waals surface area (Å²) in [6.45, 7) is 9.06. The van der Waals surface area contributed by atoms with Crippen molar-refractivity contribution < 1.29 is 0 Å². The summed E-state index contributed by atoms with van der Waals surface area (Å²) in [5.74, 6) is 1.79. The van der Waals surface area contributed by atoms with Crippen molar-refractivity contribution >= 4 is 10.8 Å². The lowest BCUT2D eigenvalue weighted by Gasteiger charge is -2.22. The number of imidazole rings is 1. The van der Waals surface area contributed by atoms with E-state index in [2.05, 4.69) is 142 Å². The lowest BCUT2D eigenvalue weighted by molar-refractivity contribution is 0.806. The fourth-order valence-electron chi connectivity index (χ4n) is 5.68. The summed E-state index contributed by atoms with van der Waals surface area (Å²) >= 11 is 0. The zero-order chi connectivity index (χ0) is 27.6. The summed E-state index contributed by atoms with van der Waals surface area (Å²) in [6.07, 6.45) is 4.77. The molecule has 6 aromatic rings. The van der Waals surface area contributed by atoms with Crippen molar-refractivity contribution in [2.24, 2.45) is 0 Å². The molecular weight excluding hydrogens is 486 g/mol. The molecule has 2 heterocycles. The van der Waals surface area contributed by atoms with Crippen molar-refractivity contribution in [3.8, 4) is 28.3 Å². The highest BCUT2D eigenvalue weighted by atomic mass is 15.1. The molecule has 40 heavy (non-hydrogen) atoms. The lowest BCUT2D eigenvalue weighted by atomic mass is 9.92. The summed E-state index contributed by atoms with van der Waals surface area (Å²) in [7, 11) is 0. The van der Waals surface area contributed by atoms with E-state index in [4.69, 9.17) is 9.97 Å². The molecule has 0 saturated carbocycles. The molecule has 0 aliphatic rings. The molecule has 0 amide bonds. The molecule has 0 aliphatic heterocycles. The fraction of sp³-hybridized carbons (Fsp3) is 0.189. The van der Waals surface area contributed by atoms with Crippen molar-refractivity contribution in [2.75, 3.05) is 0 Å². The minimum Gasteiger partial charge on any atom is -0.299 e. The van der Waals surface area contributed by atoms with E-state index < -0.39 is 0 Å². The van der Waals surface area contributed by atoms with E-state index in [1.54, 1.807) is 0 Å². The number of fused-ring (bicyclic) bond motifs is 1. The molecule has 0 spiro atoms. The number of rotatable bonds is 7. The average Bonchev–Trinajstić information content (AvgIpc) is 3.47. The first-order chi connectivity index (χ1) is 19.5. The zero-order valence-electron chi connectivity index (χ0n) is 23.7. The molecule has 0 unspecified atom stereocenters. The van der Waals surface area contributed by atoms with Crippen LogP contribution >= 0.6 is 0 Å². The molecule has 198 valence electrons. The van der Waals surface area contributed by atoms with Crippen LogP contribution in [0, 0.1) is 0 Å². The third kappa shape index (κ3) is 4.96. The monoisotopic (exact) mass is 521 g/mol. The van der Waals surface area contributed by atoms with Crippen LogP contribution in [0.2, 0.25) is 0 Å². The molecule has 6 rings (SSSR count). The summed E-state index contributed by atoms with van der Waals surface area (Å²) in [6, 6.07) is 36.7. The van der Waals surface area contributed by atoms with Gasteiger partial charge in [0.15, 0.2) is 0 Å². The topological polar surface area (TPSA) is 30.7 Å². The Hall–Kier alpha value is -4.50. The molecule has 0 saturated heterocycles. The van der Waals surface area contributed by atoms with Crippen LogP contribution in [0.1, 0.15) is 61.9 Å². The Balaban J connectivity index is 1.41. The van der Waals surface area contributed by atoms with Gasteiger partial charge in [0.25, 0.3) is 0 Å². The second kappa shape index (κ2) is 10.9. The maximum absolute atomic E-state index is 5.17. The molecule has 3 heteroatoms. The normalized spacial score (nSPS) is 11.6. The lowest BCUT2D eigenvalue weighted by Crippen LogP contribution is -2.08. The summed E-state index contributed by atoms with van der Waals surface area (Å²) in [5, 5.41) is 2.39. The van der Waals surface area contributed by atoms with Crippen LogP contribution in [0.3, 0.4) is 0 Å². The van der Waals surface area contributed by atoms with Crippen LogP contribution in [0.5, 0.6) is 0 Å². The van der Waals surface area contributed by atoms with Gasteiger partial charge >= 0.3 is 0 Å². The van der Waals surface area contributed by atoms with Gasteiger partial charge in [-0.25, -0.2) is 4.98 Å². The van der Waals surface area contributed by atoms with Crippen LogP contribution in [0.25, 0.3) is 39.1 Å². The Morgan fingerprint density at radius 1 is 0.675 bits per heavy atom. The maximum atomic E-state index is 5.17. The van der Waals surface area contributed by atoms with E-state index in [0.717, 1.165) is 34.8 Å². The predicted molar refractivity (Wildman–Crippen MR) is 167 cm³/mol. The number of aromatic nitrogens is 3. The molecule has 3 nitrogen and oxygen atoms in total. The van der Waals surface area contributed by atoms with E-state index in [1.807, 2.05) is 6.20 Å². The van der Waals surface area contributed by atoms with Crippen LogP contribution < -0.4 is 0 Å². The predicted octanol–water partition coefficient (Wildman–Crippen LogP) is 9.59. The van der Waals surface area contributed by atoms with Gasteiger partial charge in [-0.3, -0.25) is 9.55 Å². The van der Waals surface area contributed by atoms with E-state index in [-0.39, 0.29) is 0 Å². The Bertz CT molecular complexity index is 1750. The van der Waals surface area contributed by atoms with E-state index in [9.17, 15) is 0 Å². The van der Waals surface area contributed by atoms with Crippen LogP contribution in [0.15, 0.2) is 116 Å². The van der Waals surface area contributed by atoms with Crippen LogP contribution in [-0.4, -0.2) is 14.5 Å². The van der Waals surface area contributed by atoms with Gasteiger partial charge in [-0.15, -0.1) is 0 Å². The van der Waals surface area contributed by atoms with E-state index in [0.29, 0.717) is 11.8 Å². The minimum atomic E-state index is 0.410. The highest BCUT2D eigenvalue weighted by Gasteiger charge is 2.19. The first kappa shape index (κ1) is 25.8. The van der Waals surface area contributed by atoms with E-state index in [1.165, 1.54) is 33.2 Å².